The first-order chi connectivity index (χ1) is 31.1. The van der Waals surface area contributed by atoms with Gasteiger partial charge in [0.2, 0.25) is 0 Å². The Morgan fingerprint density at radius 1 is 0.540 bits per heavy atom. The van der Waals surface area contributed by atoms with Gasteiger partial charge in [-0.15, -0.1) is 0 Å². The van der Waals surface area contributed by atoms with E-state index in [1.165, 1.54) is 72.0 Å². The Morgan fingerprint density at radius 3 is 1.92 bits per heavy atom. The highest BCUT2D eigenvalue weighted by Gasteiger charge is 2.52. The fourth-order valence-electron chi connectivity index (χ4n) is 11.2. The average molecular weight is 807 g/mol. The summed E-state index contributed by atoms with van der Waals surface area (Å²) in [6.07, 6.45) is 13.7. The number of rotatable bonds is 4. The summed E-state index contributed by atoms with van der Waals surface area (Å²) in [6, 6.07) is 61.8. The van der Waals surface area contributed by atoms with Gasteiger partial charge in [-0.1, -0.05) is 201 Å². The minimum atomic E-state index is -0.588. The lowest BCUT2D eigenvalue weighted by Gasteiger charge is -2.40. The van der Waals surface area contributed by atoms with Gasteiger partial charge in [-0.2, -0.15) is 0 Å². The molecule has 3 heteroatoms. The van der Waals surface area contributed by atoms with E-state index in [1.807, 2.05) is 0 Å². The lowest BCUT2D eigenvalue weighted by molar-refractivity contribution is 0.447. The largest absolute Gasteiger partial charge is 0.455 e. The van der Waals surface area contributed by atoms with Gasteiger partial charge in [0, 0.05) is 38.9 Å². The molecule has 9 aromatic rings. The van der Waals surface area contributed by atoms with Crippen LogP contribution in [0, 0.1) is 5.92 Å². The van der Waals surface area contributed by atoms with Crippen molar-refractivity contribution in [1.82, 2.24) is 9.97 Å². The summed E-state index contributed by atoms with van der Waals surface area (Å²) in [4.78, 5) is 10.6. The summed E-state index contributed by atoms with van der Waals surface area (Å²) in [6.45, 7) is 2.36. The number of hydrogen-bond donors (Lipinski definition) is 0. The summed E-state index contributed by atoms with van der Waals surface area (Å²) in [7, 11) is 0. The summed E-state index contributed by atoms with van der Waals surface area (Å²) >= 11 is 0. The van der Waals surface area contributed by atoms with Gasteiger partial charge in [0.25, 0.3) is 0 Å². The molecule has 3 nitrogen and oxygen atoms in total. The smallest absolute Gasteiger partial charge is 0.160 e. The van der Waals surface area contributed by atoms with Crippen molar-refractivity contribution in [2.24, 2.45) is 5.92 Å². The summed E-state index contributed by atoms with van der Waals surface area (Å²) < 4.78 is 7.20. The molecule has 298 valence electrons. The standard InChI is InChI=1S/C60H42N2O/c1-37-36-43(30-33-44(37)56-49-21-10-12-25-54(49)61-59(62-56)42-28-26-39(27-29-42)38-14-3-2-4-15-38)45-22-13-24-51-55(45)48-20-9-11-23-50(48)60(51)52-34-31-40-16-5-7-18-46(40)57(52)63-58-47-19-8-6-17-41(47)32-35-53(58)60/h2-9,11-20,22-37,44H,10,21H2,1H3/t37-,44?/m1/s1. The molecule has 2 heterocycles. The second kappa shape index (κ2) is 14.0. The normalized spacial score (nSPS) is 17.4. The van der Waals surface area contributed by atoms with Crippen molar-refractivity contribution in [2.45, 2.75) is 31.1 Å². The number of allylic oxidation sites excluding steroid dienone is 5. The van der Waals surface area contributed by atoms with Gasteiger partial charge in [-0.05, 0) is 80.1 Å². The Balaban J connectivity index is 0.954. The molecule has 0 saturated carbocycles. The molecule has 2 atom stereocenters. The number of aromatic nitrogens is 2. The van der Waals surface area contributed by atoms with Gasteiger partial charge in [-0.25, -0.2) is 9.97 Å². The van der Waals surface area contributed by atoms with Crippen LogP contribution in [0.5, 0.6) is 11.5 Å². The molecule has 63 heavy (non-hydrogen) atoms. The third-order valence-corrected chi connectivity index (χ3v) is 14.1. The van der Waals surface area contributed by atoms with Crippen LogP contribution in [0.2, 0.25) is 0 Å². The molecule has 1 aromatic heterocycles. The van der Waals surface area contributed by atoms with Crippen molar-refractivity contribution in [3.8, 4) is 45.1 Å². The van der Waals surface area contributed by atoms with E-state index >= 15 is 0 Å². The third kappa shape index (κ3) is 5.33. The number of ether oxygens (including phenoxy) is 1. The van der Waals surface area contributed by atoms with E-state index < -0.39 is 5.41 Å². The Hall–Kier alpha value is -7.62. The van der Waals surface area contributed by atoms with Gasteiger partial charge in [-0.3, -0.25) is 0 Å². The van der Waals surface area contributed by atoms with Crippen LogP contribution >= 0.6 is 0 Å². The van der Waals surface area contributed by atoms with E-state index in [-0.39, 0.29) is 11.8 Å². The molecule has 0 radical (unpaired) electrons. The van der Waals surface area contributed by atoms with Crippen LogP contribution in [0.1, 0.15) is 64.0 Å². The van der Waals surface area contributed by atoms with Gasteiger partial charge in [0.05, 0.1) is 16.8 Å². The Labute approximate surface area is 367 Å². The third-order valence-electron chi connectivity index (χ3n) is 14.1. The second-order valence-corrected chi connectivity index (χ2v) is 17.5. The van der Waals surface area contributed by atoms with Crippen LogP contribution in [0.15, 0.2) is 194 Å². The molecule has 4 aliphatic rings. The molecular formula is C60H42N2O. The molecule has 0 amide bonds. The molecule has 1 aliphatic heterocycles. The molecule has 0 bridgehead atoms. The number of nitrogens with zero attached hydrogens (tertiary/aromatic N) is 2. The molecule has 3 aliphatic carbocycles. The number of benzene rings is 8. The van der Waals surface area contributed by atoms with Gasteiger partial charge in [0.15, 0.2) is 5.82 Å². The van der Waals surface area contributed by atoms with Gasteiger partial charge >= 0.3 is 0 Å². The first kappa shape index (κ1) is 36.1. The van der Waals surface area contributed by atoms with E-state index in [0.717, 1.165) is 57.9 Å². The van der Waals surface area contributed by atoms with Crippen molar-refractivity contribution in [3.63, 3.8) is 0 Å². The maximum Gasteiger partial charge on any atom is 0.160 e. The lowest BCUT2D eigenvalue weighted by Crippen LogP contribution is -2.32. The predicted molar refractivity (Wildman–Crippen MR) is 258 cm³/mol. The number of hydrogen-bond acceptors (Lipinski definition) is 3. The average Bonchev–Trinajstić information content (AvgIpc) is 3.64. The van der Waals surface area contributed by atoms with Gasteiger partial charge in [0.1, 0.15) is 11.5 Å². The highest BCUT2D eigenvalue weighted by Crippen LogP contribution is 2.64. The van der Waals surface area contributed by atoms with Crippen LogP contribution in [0.4, 0.5) is 0 Å². The minimum Gasteiger partial charge on any atom is -0.455 e. The van der Waals surface area contributed by atoms with Crippen molar-refractivity contribution in [2.75, 3.05) is 0 Å². The van der Waals surface area contributed by atoms with Crippen LogP contribution in [-0.2, 0) is 11.8 Å². The van der Waals surface area contributed by atoms with E-state index in [2.05, 4.69) is 207 Å². The van der Waals surface area contributed by atoms with E-state index in [9.17, 15) is 0 Å². The maximum atomic E-state index is 7.20. The fraction of sp³-hybridized carbons (Fsp3) is 0.100. The Kier molecular flexibility index (Phi) is 7.99. The minimum absolute atomic E-state index is 0.116. The molecule has 1 unspecified atom stereocenters. The summed E-state index contributed by atoms with van der Waals surface area (Å²) in [5.41, 5.74) is 16.3. The van der Waals surface area contributed by atoms with Gasteiger partial charge < -0.3 is 4.74 Å². The highest BCUT2D eigenvalue weighted by atomic mass is 16.5. The molecule has 1 spiro atoms. The van der Waals surface area contributed by atoms with Crippen molar-refractivity contribution >= 4 is 33.2 Å². The second-order valence-electron chi connectivity index (χ2n) is 17.5. The first-order valence-corrected chi connectivity index (χ1v) is 22.2. The summed E-state index contributed by atoms with van der Waals surface area (Å²) in [5.74, 6) is 2.98. The first-order valence-electron chi connectivity index (χ1n) is 22.2. The molecule has 0 fully saturated rings. The van der Waals surface area contributed by atoms with Crippen LogP contribution < -0.4 is 4.74 Å². The predicted octanol–water partition coefficient (Wildman–Crippen LogP) is 14.9. The van der Waals surface area contributed by atoms with E-state index in [4.69, 9.17) is 14.7 Å². The SMILES string of the molecule is C[C@@H]1C=C(c2cccc3c2-c2ccccc2C32c3ccc4ccccc4c3Oc3c2ccc2ccccc32)C=CC1c1nc(-c2ccc(-c3ccccc3)cc2)nc2c1CCC=C2. The maximum absolute atomic E-state index is 7.20. The monoisotopic (exact) mass is 806 g/mol. The molecular weight excluding hydrogens is 765 g/mol. The van der Waals surface area contributed by atoms with E-state index in [1.54, 1.807) is 0 Å². The van der Waals surface area contributed by atoms with Crippen molar-refractivity contribution in [1.29, 1.82) is 0 Å². The Bertz CT molecular complexity index is 3360. The van der Waals surface area contributed by atoms with Crippen LogP contribution in [0.25, 0.3) is 66.8 Å². The zero-order chi connectivity index (χ0) is 41.6. The molecule has 8 aromatic carbocycles. The molecule has 0 saturated heterocycles. The molecule has 0 N–H and O–H groups in total. The fourth-order valence-corrected chi connectivity index (χ4v) is 11.2. The van der Waals surface area contributed by atoms with Crippen molar-refractivity contribution in [3.05, 3.63) is 239 Å². The zero-order valence-electron chi connectivity index (χ0n) is 34.9. The van der Waals surface area contributed by atoms with Crippen molar-refractivity contribution < 1.29 is 4.74 Å². The van der Waals surface area contributed by atoms with Crippen LogP contribution in [0.3, 0.4) is 0 Å². The zero-order valence-corrected chi connectivity index (χ0v) is 34.9. The lowest BCUT2D eigenvalue weighted by atomic mass is 9.65. The quantitative estimate of drug-likeness (QED) is 0.178. The number of fused-ring (bicyclic) bond motifs is 14. The molecule has 13 rings (SSSR count). The highest BCUT2D eigenvalue weighted by molar-refractivity contribution is 6.02. The topological polar surface area (TPSA) is 35.0 Å². The Morgan fingerprint density at radius 2 is 1.17 bits per heavy atom. The summed E-state index contributed by atoms with van der Waals surface area (Å²) in [5, 5.41) is 4.60. The van der Waals surface area contributed by atoms with Crippen LogP contribution in [-0.4, -0.2) is 9.97 Å². The van der Waals surface area contributed by atoms with E-state index in [0.29, 0.717) is 0 Å².